The van der Waals surface area contributed by atoms with Crippen molar-refractivity contribution in [1.82, 2.24) is 20.6 Å². The minimum absolute atomic E-state index is 0.0305. The average Bonchev–Trinajstić information content (AvgIpc) is 3.90. The fourth-order valence-corrected chi connectivity index (χ4v) is 6.51. The Hall–Kier alpha value is -6.03. The van der Waals surface area contributed by atoms with Crippen LogP contribution in [-0.2, 0) is 45.8 Å². The molecule has 4 aromatic carbocycles. The predicted molar refractivity (Wildman–Crippen MR) is 199 cm³/mol. The van der Waals surface area contributed by atoms with Gasteiger partial charge in [0.25, 0.3) is 11.8 Å². The number of nitrogens with one attached hydrogen (secondary N) is 3. The summed E-state index contributed by atoms with van der Waals surface area (Å²) < 4.78 is 11.4. The van der Waals surface area contributed by atoms with E-state index in [0.29, 0.717) is 24.6 Å². The molecule has 1 aliphatic carbocycles. The van der Waals surface area contributed by atoms with Crippen LogP contribution in [0.2, 0.25) is 0 Å². The van der Waals surface area contributed by atoms with Gasteiger partial charge in [-0.1, -0.05) is 116 Å². The maximum atomic E-state index is 14.0. The molecule has 1 saturated carbocycles. The lowest BCUT2D eigenvalue weighted by molar-refractivity contribution is -0.120. The summed E-state index contributed by atoms with van der Waals surface area (Å²) in [7, 11) is 0. The number of carbonyl (C=O) groups is 3. The number of ether oxygens (including phenoxy) is 2. The van der Waals surface area contributed by atoms with E-state index in [1.165, 1.54) is 11.9 Å². The highest BCUT2D eigenvalue weighted by molar-refractivity contribution is 6.41. The van der Waals surface area contributed by atoms with Crippen molar-refractivity contribution in [1.29, 1.82) is 0 Å². The van der Waals surface area contributed by atoms with Crippen LogP contribution in [0.1, 0.15) is 53.6 Å². The second-order valence-electron chi connectivity index (χ2n) is 13.1. The number of rotatable bonds is 15. The third-order valence-electron chi connectivity index (χ3n) is 9.37. The second kappa shape index (κ2) is 17.8. The van der Waals surface area contributed by atoms with Gasteiger partial charge in [0.05, 0.1) is 6.33 Å². The van der Waals surface area contributed by atoms with Gasteiger partial charge in [-0.2, -0.15) is 0 Å². The summed E-state index contributed by atoms with van der Waals surface area (Å²) in [6.45, 7) is 0.866. The molecule has 6 rings (SSSR count). The molecule has 3 N–H and O–H groups in total. The maximum absolute atomic E-state index is 14.0. The van der Waals surface area contributed by atoms with Crippen molar-refractivity contribution in [3.05, 3.63) is 156 Å². The Kier molecular flexibility index (Phi) is 12.2. The number of aromatic amines is 1. The zero-order valence-electron chi connectivity index (χ0n) is 29.0. The van der Waals surface area contributed by atoms with Crippen molar-refractivity contribution < 1.29 is 23.9 Å². The van der Waals surface area contributed by atoms with Gasteiger partial charge in [0.15, 0.2) is 0 Å². The molecule has 3 amide bonds. The van der Waals surface area contributed by atoms with Crippen molar-refractivity contribution in [2.45, 2.75) is 63.2 Å². The molecular weight excluding hydrogens is 654 g/mol. The van der Waals surface area contributed by atoms with E-state index in [9.17, 15) is 14.4 Å². The van der Waals surface area contributed by atoms with Crippen LogP contribution in [0.5, 0.6) is 5.75 Å². The highest BCUT2D eigenvalue weighted by Crippen LogP contribution is 2.40. The van der Waals surface area contributed by atoms with E-state index in [0.717, 1.165) is 42.4 Å². The van der Waals surface area contributed by atoms with Crippen molar-refractivity contribution in [2.24, 2.45) is 4.99 Å². The first-order chi connectivity index (χ1) is 25.5. The largest absolute Gasteiger partial charge is 0.489 e. The number of hydrogen-bond donors (Lipinski definition) is 3. The number of alkyl carbamates (subject to hydrolysis) is 1. The minimum Gasteiger partial charge on any atom is -0.489 e. The Balaban J connectivity index is 1.21. The number of H-pyrrole nitrogens is 1. The van der Waals surface area contributed by atoms with Crippen LogP contribution in [0.15, 0.2) is 133 Å². The van der Waals surface area contributed by atoms with Crippen molar-refractivity contribution in [3.63, 3.8) is 0 Å². The number of amides is 3. The van der Waals surface area contributed by atoms with Crippen molar-refractivity contribution >= 4 is 23.6 Å². The molecule has 0 spiro atoms. The summed E-state index contributed by atoms with van der Waals surface area (Å²) in [6.07, 6.45) is 6.50. The SMILES string of the molecule is O=C(NC(Cc1cnc[nH]1)C(=O)N=C(Cc1ccc(OCc2ccccc2)cc1)C(=O)NCC1(c2ccccc2)CCCC1)OCc1ccccc1. The molecule has 1 atom stereocenters. The number of benzene rings is 4. The molecule has 10 nitrogen and oxygen atoms in total. The Labute approximate surface area is 303 Å². The Morgan fingerprint density at radius 3 is 2.06 bits per heavy atom. The lowest BCUT2D eigenvalue weighted by Gasteiger charge is -2.30. The smallest absolute Gasteiger partial charge is 0.408 e. The van der Waals surface area contributed by atoms with Gasteiger partial charge in [0.2, 0.25) is 0 Å². The summed E-state index contributed by atoms with van der Waals surface area (Å²) in [4.78, 5) is 52.2. The molecular formula is C42H43N5O5. The number of aromatic nitrogens is 2. The first kappa shape index (κ1) is 35.8. The van der Waals surface area contributed by atoms with E-state index in [2.05, 4.69) is 37.7 Å². The summed E-state index contributed by atoms with van der Waals surface area (Å²) in [5.74, 6) is -0.444. The average molecular weight is 698 g/mol. The molecule has 266 valence electrons. The van der Waals surface area contributed by atoms with E-state index in [1.807, 2.05) is 103 Å². The van der Waals surface area contributed by atoms with Gasteiger partial charge in [0, 0.05) is 36.7 Å². The van der Waals surface area contributed by atoms with Crippen LogP contribution < -0.4 is 15.4 Å². The lowest BCUT2D eigenvalue weighted by atomic mass is 9.79. The molecule has 0 bridgehead atoms. The van der Waals surface area contributed by atoms with Gasteiger partial charge in [-0.05, 0) is 47.2 Å². The third-order valence-corrected chi connectivity index (χ3v) is 9.37. The third kappa shape index (κ3) is 10.0. The van der Waals surface area contributed by atoms with Gasteiger partial charge in [-0.25, -0.2) is 14.8 Å². The maximum Gasteiger partial charge on any atom is 0.408 e. The van der Waals surface area contributed by atoms with E-state index in [4.69, 9.17) is 9.47 Å². The number of hydrogen-bond acceptors (Lipinski definition) is 6. The van der Waals surface area contributed by atoms with Gasteiger partial charge >= 0.3 is 6.09 Å². The molecule has 0 radical (unpaired) electrons. The monoisotopic (exact) mass is 697 g/mol. The van der Waals surface area contributed by atoms with Crippen LogP contribution in [0.25, 0.3) is 0 Å². The first-order valence-electron chi connectivity index (χ1n) is 17.6. The molecule has 0 saturated heterocycles. The van der Waals surface area contributed by atoms with E-state index >= 15 is 0 Å². The van der Waals surface area contributed by atoms with Gasteiger partial charge in [-0.3, -0.25) is 9.59 Å². The predicted octanol–water partition coefficient (Wildman–Crippen LogP) is 6.66. The molecule has 1 aliphatic rings. The van der Waals surface area contributed by atoms with Crippen LogP contribution >= 0.6 is 0 Å². The Morgan fingerprint density at radius 2 is 1.42 bits per heavy atom. The standard InChI is InChI=1S/C42H43N5O5/c48-39(44-29-42(22-10-11-23-42)34-16-8-3-9-17-34)37(24-31-18-20-36(21-19-31)51-27-32-12-4-1-5-13-32)46-40(49)38(25-35-26-43-30-45-35)47-41(50)52-28-33-14-6-2-7-15-33/h1-9,12-21,26,30,38H,10-11,22-25,27-29H2,(H,43,45)(H,44,48)(H,47,50). The summed E-state index contributed by atoms with van der Waals surface area (Å²) >= 11 is 0. The highest BCUT2D eigenvalue weighted by atomic mass is 16.5. The highest BCUT2D eigenvalue weighted by Gasteiger charge is 2.36. The van der Waals surface area contributed by atoms with Gasteiger partial charge in [0.1, 0.15) is 30.7 Å². The Bertz CT molecular complexity index is 1910. The van der Waals surface area contributed by atoms with Crippen LogP contribution in [-0.4, -0.2) is 46.2 Å². The lowest BCUT2D eigenvalue weighted by Crippen LogP contribution is -2.44. The second-order valence-corrected chi connectivity index (χ2v) is 13.1. The number of nitrogens with zero attached hydrogens (tertiary/aromatic N) is 2. The van der Waals surface area contributed by atoms with Gasteiger partial charge < -0.3 is 25.1 Å². The molecule has 52 heavy (non-hydrogen) atoms. The van der Waals surface area contributed by atoms with Crippen LogP contribution in [0.3, 0.4) is 0 Å². The van der Waals surface area contributed by atoms with Crippen molar-refractivity contribution in [3.8, 4) is 5.75 Å². The molecule has 5 aromatic rings. The van der Waals surface area contributed by atoms with E-state index < -0.39 is 23.9 Å². The quantitative estimate of drug-likeness (QED) is 0.105. The zero-order valence-corrected chi connectivity index (χ0v) is 29.0. The number of carbonyl (C=O) groups excluding carboxylic acids is 3. The van der Waals surface area contributed by atoms with Crippen LogP contribution in [0.4, 0.5) is 4.79 Å². The molecule has 1 unspecified atom stereocenters. The fourth-order valence-electron chi connectivity index (χ4n) is 6.51. The van der Waals surface area contributed by atoms with Crippen LogP contribution in [0, 0.1) is 0 Å². The van der Waals surface area contributed by atoms with E-state index in [-0.39, 0.29) is 30.6 Å². The molecule has 1 heterocycles. The Morgan fingerprint density at radius 1 is 0.788 bits per heavy atom. The van der Waals surface area contributed by atoms with Crippen molar-refractivity contribution in [2.75, 3.05) is 6.54 Å². The minimum atomic E-state index is -1.12. The summed E-state index contributed by atoms with van der Waals surface area (Å²) in [5, 5.41) is 5.79. The molecule has 1 aromatic heterocycles. The first-order valence-corrected chi connectivity index (χ1v) is 17.6. The molecule has 10 heteroatoms. The number of aliphatic imine (C=N–C) groups is 1. The fraction of sp³-hybridized carbons (Fsp3) is 0.262. The molecule has 1 fully saturated rings. The topological polar surface area (TPSA) is 135 Å². The summed E-state index contributed by atoms with van der Waals surface area (Å²) in [6, 6.07) is 35.7. The van der Waals surface area contributed by atoms with E-state index in [1.54, 1.807) is 6.20 Å². The zero-order chi connectivity index (χ0) is 36.0. The summed E-state index contributed by atoms with van der Waals surface area (Å²) in [5.41, 5.74) is 4.26. The molecule has 0 aliphatic heterocycles. The van der Waals surface area contributed by atoms with Gasteiger partial charge in [-0.15, -0.1) is 0 Å². The number of imidazole rings is 1. The normalized spacial score (nSPS) is 14.3.